The second kappa shape index (κ2) is 4.88. The fraction of sp³-hybridized carbons (Fsp3) is 0.429. The molecule has 0 unspecified atom stereocenters. The van der Waals surface area contributed by atoms with Crippen LogP contribution in [0, 0.1) is 19.7 Å². The number of H-pyrrole nitrogens is 1. The van der Waals surface area contributed by atoms with Gasteiger partial charge in [0.25, 0.3) is 0 Å². The molecular formula is C14H19FN2. The lowest BCUT2D eigenvalue weighted by Gasteiger charge is -2.04. The van der Waals surface area contributed by atoms with Gasteiger partial charge >= 0.3 is 0 Å². The second-order valence-electron chi connectivity index (χ2n) is 4.55. The van der Waals surface area contributed by atoms with Gasteiger partial charge in [-0.1, -0.05) is 6.92 Å². The summed E-state index contributed by atoms with van der Waals surface area (Å²) in [5.41, 5.74) is 4.32. The molecule has 92 valence electrons. The lowest BCUT2D eigenvalue weighted by molar-refractivity contribution is 0.628. The average Bonchev–Trinajstić information content (AvgIpc) is 2.57. The highest BCUT2D eigenvalue weighted by Gasteiger charge is 2.10. The molecule has 2 N–H and O–H groups in total. The van der Waals surface area contributed by atoms with Gasteiger partial charge in [0.05, 0.1) is 0 Å². The third-order valence-corrected chi connectivity index (χ3v) is 3.12. The molecule has 0 aliphatic rings. The number of halogens is 1. The average molecular weight is 234 g/mol. The third kappa shape index (κ3) is 2.34. The summed E-state index contributed by atoms with van der Waals surface area (Å²) in [5.74, 6) is -0.161. The van der Waals surface area contributed by atoms with Crippen molar-refractivity contribution < 1.29 is 4.39 Å². The van der Waals surface area contributed by atoms with Crippen molar-refractivity contribution >= 4 is 10.9 Å². The van der Waals surface area contributed by atoms with Crippen molar-refractivity contribution in [2.75, 3.05) is 6.54 Å². The third-order valence-electron chi connectivity index (χ3n) is 3.12. The molecule has 17 heavy (non-hydrogen) atoms. The topological polar surface area (TPSA) is 27.8 Å². The normalized spacial score (nSPS) is 11.3. The van der Waals surface area contributed by atoms with Crippen LogP contribution in [0.5, 0.6) is 0 Å². The lowest BCUT2D eigenvalue weighted by Crippen LogP contribution is -2.14. The molecule has 0 saturated heterocycles. The number of rotatable bonds is 4. The van der Waals surface area contributed by atoms with Gasteiger partial charge in [-0.3, -0.25) is 0 Å². The first-order chi connectivity index (χ1) is 8.13. The first-order valence-corrected chi connectivity index (χ1v) is 6.11. The Morgan fingerprint density at radius 3 is 2.76 bits per heavy atom. The number of aromatic amines is 1. The lowest BCUT2D eigenvalue weighted by atomic mass is 10.1. The number of benzene rings is 1. The number of aryl methyl sites for hydroxylation is 2. The molecule has 2 rings (SSSR count). The molecule has 1 aromatic carbocycles. The molecule has 0 saturated carbocycles. The Labute approximate surface area is 101 Å². The highest BCUT2D eigenvalue weighted by Crippen LogP contribution is 2.25. The highest BCUT2D eigenvalue weighted by molar-refractivity contribution is 5.87. The van der Waals surface area contributed by atoms with Gasteiger partial charge in [0.15, 0.2) is 0 Å². The fourth-order valence-electron chi connectivity index (χ4n) is 2.23. The Morgan fingerprint density at radius 2 is 2.06 bits per heavy atom. The van der Waals surface area contributed by atoms with E-state index in [4.69, 9.17) is 0 Å². The van der Waals surface area contributed by atoms with Crippen LogP contribution in [0.15, 0.2) is 12.1 Å². The van der Waals surface area contributed by atoms with E-state index in [2.05, 4.69) is 17.2 Å². The molecule has 0 atom stereocenters. The Bertz CT molecular complexity index is 528. The molecule has 0 aliphatic carbocycles. The van der Waals surface area contributed by atoms with Crippen LogP contribution >= 0.6 is 0 Å². The molecule has 0 amide bonds. The SMILES string of the molecule is CCCNCc1c(C)[nH]c2c(C)cc(F)cc12. The van der Waals surface area contributed by atoms with Crippen molar-refractivity contribution in [2.45, 2.75) is 33.7 Å². The van der Waals surface area contributed by atoms with Gasteiger partial charge in [-0.2, -0.15) is 0 Å². The molecule has 3 heteroatoms. The van der Waals surface area contributed by atoms with Gasteiger partial charge in [-0.15, -0.1) is 0 Å². The summed E-state index contributed by atoms with van der Waals surface area (Å²) in [6.07, 6.45) is 1.11. The maximum absolute atomic E-state index is 13.4. The number of fused-ring (bicyclic) bond motifs is 1. The van der Waals surface area contributed by atoms with E-state index in [-0.39, 0.29) is 5.82 Å². The predicted molar refractivity (Wildman–Crippen MR) is 69.7 cm³/mol. The highest BCUT2D eigenvalue weighted by atomic mass is 19.1. The standard InChI is InChI=1S/C14H19FN2/c1-4-5-16-8-13-10(3)17-14-9(2)6-11(15)7-12(13)14/h6-7,16-17H,4-5,8H2,1-3H3. The molecule has 2 aromatic rings. The van der Waals surface area contributed by atoms with Crippen molar-refractivity contribution in [1.29, 1.82) is 0 Å². The summed E-state index contributed by atoms with van der Waals surface area (Å²) >= 11 is 0. The first kappa shape index (κ1) is 12.1. The summed E-state index contributed by atoms with van der Waals surface area (Å²) < 4.78 is 13.4. The van der Waals surface area contributed by atoms with E-state index in [0.29, 0.717) is 0 Å². The molecule has 2 nitrogen and oxygen atoms in total. The van der Waals surface area contributed by atoms with E-state index in [9.17, 15) is 4.39 Å². The van der Waals surface area contributed by atoms with E-state index in [1.165, 1.54) is 5.56 Å². The largest absolute Gasteiger partial charge is 0.358 e. The van der Waals surface area contributed by atoms with E-state index >= 15 is 0 Å². The minimum atomic E-state index is -0.161. The van der Waals surface area contributed by atoms with Gasteiger partial charge in [0, 0.05) is 23.1 Å². The zero-order valence-electron chi connectivity index (χ0n) is 10.7. The van der Waals surface area contributed by atoms with Crippen molar-refractivity contribution in [1.82, 2.24) is 10.3 Å². The Hall–Kier alpha value is -1.35. The Balaban J connectivity index is 2.43. The Kier molecular flexibility index (Phi) is 3.48. The van der Waals surface area contributed by atoms with E-state index in [1.807, 2.05) is 13.8 Å². The van der Waals surface area contributed by atoms with Crippen LogP contribution in [-0.2, 0) is 6.54 Å². The van der Waals surface area contributed by atoms with Crippen LogP contribution < -0.4 is 5.32 Å². The van der Waals surface area contributed by atoms with E-state index in [1.54, 1.807) is 12.1 Å². The van der Waals surface area contributed by atoms with E-state index < -0.39 is 0 Å². The number of nitrogens with one attached hydrogen (secondary N) is 2. The zero-order chi connectivity index (χ0) is 12.4. The summed E-state index contributed by atoms with van der Waals surface area (Å²) in [7, 11) is 0. The maximum Gasteiger partial charge on any atom is 0.124 e. The van der Waals surface area contributed by atoms with E-state index in [0.717, 1.165) is 41.7 Å². The number of hydrogen-bond acceptors (Lipinski definition) is 1. The van der Waals surface area contributed by atoms with Crippen LogP contribution in [0.3, 0.4) is 0 Å². The van der Waals surface area contributed by atoms with Crippen LogP contribution in [0.2, 0.25) is 0 Å². The summed E-state index contributed by atoms with van der Waals surface area (Å²) in [4.78, 5) is 3.34. The minimum Gasteiger partial charge on any atom is -0.358 e. The van der Waals surface area contributed by atoms with Gasteiger partial charge < -0.3 is 10.3 Å². The Morgan fingerprint density at radius 1 is 1.29 bits per heavy atom. The summed E-state index contributed by atoms with van der Waals surface area (Å²) in [6.45, 7) is 7.90. The number of aromatic nitrogens is 1. The minimum absolute atomic E-state index is 0.161. The van der Waals surface area contributed by atoms with Crippen molar-refractivity contribution in [3.63, 3.8) is 0 Å². The van der Waals surface area contributed by atoms with Crippen LogP contribution in [0.1, 0.15) is 30.2 Å². The van der Waals surface area contributed by atoms with Gasteiger partial charge in [0.1, 0.15) is 5.82 Å². The molecular weight excluding hydrogens is 215 g/mol. The van der Waals surface area contributed by atoms with Gasteiger partial charge in [0.2, 0.25) is 0 Å². The van der Waals surface area contributed by atoms with Crippen LogP contribution in [0.25, 0.3) is 10.9 Å². The van der Waals surface area contributed by atoms with Crippen LogP contribution in [0.4, 0.5) is 4.39 Å². The molecule has 0 spiro atoms. The fourth-order valence-corrected chi connectivity index (χ4v) is 2.23. The molecule has 1 aromatic heterocycles. The first-order valence-electron chi connectivity index (χ1n) is 6.11. The zero-order valence-corrected chi connectivity index (χ0v) is 10.7. The summed E-state index contributed by atoms with van der Waals surface area (Å²) in [6, 6.07) is 3.19. The van der Waals surface area contributed by atoms with Gasteiger partial charge in [-0.25, -0.2) is 4.39 Å². The number of hydrogen-bond donors (Lipinski definition) is 2. The molecule has 1 heterocycles. The molecule has 0 fully saturated rings. The van der Waals surface area contributed by atoms with Crippen LogP contribution in [-0.4, -0.2) is 11.5 Å². The maximum atomic E-state index is 13.4. The molecule has 0 aliphatic heterocycles. The quantitative estimate of drug-likeness (QED) is 0.779. The smallest absolute Gasteiger partial charge is 0.124 e. The predicted octanol–water partition coefficient (Wildman–Crippen LogP) is 3.42. The van der Waals surface area contributed by atoms with Crippen molar-refractivity contribution in [3.8, 4) is 0 Å². The second-order valence-corrected chi connectivity index (χ2v) is 4.55. The van der Waals surface area contributed by atoms with Crippen molar-refractivity contribution in [3.05, 3.63) is 34.8 Å². The molecule has 0 radical (unpaired) electrons. The molecule has 0 bridgehead atoms. The van der Waals surface area contributed by atoms with Crippen molar-refractivity contribution in [2.24, 2.45) is 0 Å². The monoisotopic (exact) mass is 234 g/mol. The van der Waals surface area contributed by atoms with Gasteiger partial charge in [-0.05, 0) is 50.1 Å². The summed E-state index contributed by atoms with van der Waals surface area (Å²) in [5, 5.41) is 4.37.